The second-order valence-electron chi connectivity index (χ2n) is 6.74. The van der Waals surface area contributed by atoms with E-state index in [-0.39, 0.29) is 16.8 Å². The normalized spacial score (nSPS) is 12.0. The molecule has 2 aromatic rings. The molecular weight excluding hydrogens is 300 g/mol. The second kappa shape index (κ2) is 6.58. The Morgan fingerprint density at radius 3 is 2.65 bits per heavy atom. The van der Waals surface area contributed by atoms with E-state index in [9.17, 15) is 13.6 Å². The van der Waals surface area contributed by atoms with E-state index in [0.29, 0.717) is 17.5 Å². The van der Waals surface area contributed by atoms with Crippen LogP contribution in [0.15, 0.2) is 24.4 Å². The Morgan fingerprint density at radius 1 is 1.30 bits per heavy atom. The molecule has 0 bridgehead atoms. The van der Waals surface area contributed by atoms with Gasteiger partial charge in [-0.25, -0.2) is 8.78 Å². The highest BCUT2D eigenvalue weighted by atomic mass is 19.2. The predicted octanol–water partition coefficient (Wildman–Crippen LogP) is 2.83. The third-order valence-corrected chi connectivity index (χ3v) is 3.48. The molecule has 0 aliphatic carbocycles. The fourth-order valence-corrected chi connectivity index (χ4v) is 2.60. The molecule has 0 atom stereocenters. The van der Waals surface area contributed by atoms with Crippen LogP contribution >= 0.6 is 0 Å². The quantitative estimate of drug-likeness (QED) is 0.921. The molecule has 0 aliphatic heterocycles. The molecule has 0 aliphatic rings. The van der Waals surface area contributed by atoms with Gasteiger partial charge >= 0.3 is 0 Å². The monoisotopic (exact) mass is 321 g/mol. The number of nitrogens with one attached hydrogen (secondary N) is 1. The van der Waals surface area contributed by atoms with Crippen LogP contribution in [0.25, 0.3) is 10.9 Å². The van der Waals surface area contributed by atoms with Gasteiger partial charge in [0.2, 0.25) is 0 Å². The second-order valence-corrected chi connectivity index (χ2v) is 6.74. The highest BCUT2D eigenvalue weighted by Crippen LogP contribution is 2.19. The van der Waals surface area contributed by atoms with Crippen LogP contribution in [0.4, 0.5) is 8.78 Å². The average molecular weight is 321 g/mol. The minimum Gasteiger partial charge on any atom is -0.351 e. The van der Waals surface area contributed by atoms with Gasteiger partial charge in [-0.2, -0.15) is 0 Å². The number of nitrogens with zero attached hydrogens (tertiary/aromatic N) is 2. The van der Waals surface area contributed by atoms with Gasteiger partial charge < -0.3 is 10.2 Å². The van der Waals surface area contributed by atoms with Crippen LogP contribution in [0, 0.1) is 17.0 Å². The van der Waals surface area contributed by atoms with Gasteiger partial charge in [-0.05, 0) is 37.7 Å². The van der Waals surface area contributed by atoms with Crippen molar-refractivity contribution in [2.75, 3.05) is 27.2 Å². The van der Waals surface area contributed by atoms with Crippen molar-refractivity contribution < 1.29 is 13.6 Å². The number of pyridine rings is 1. The summed E-state index contributed by atoms with van der Waals surface area (Å²) in [6.45, 7) is 5.45. The largest absolute Gasteiger partial charge is 0.351 e. The molecule has 0 saturated heterocycles. The van der Waals surface area contributed by atoms with E-state index >= 15 is 0 Å². The topological polar surface area (TPSA) is 45.2 Å². The number of benzene rings is 1. The lowest BCUT2D eigenvalue weighted by Gasteiger charge is -2.28. The van der Waals surface area contributed by atoms with Crippen molar-refractivity contribution in [3.63, 3.8) is 0 Å². The number of amides is 1. The molecule has 2 rings (SSSR count). The zero-order chi connectivity index (χ0) is 17.2. The zero-order valence-corrected chi connectivity index (χ0v) is 13.8. The van der Waals surface area contributed by atoms with E-state index in [1.807, 2.05) is 14.1 Å². The summed E-state index contributed by atoms with van der Waals surface area (Å²) in [5.74, 6) is -2.23. The van der Waals surface area contributed by atoms with Crippen LogP contribution in [0.2, 0.25) is 0 Å². The average Bonchev–Trinajstić information content (AvgIpc) is 2.47. The SMILES string of the molecule is CN(C)CC(C)(C)CNC(=O)c1cnc2c(F)c(F)ccc2c1. The third kappa shape index (κ3) is 4.22. The highest BCUT2D eigenvalue weighted by Gasteiger charge is 2.20. The molecule has 0 radical (unpaired) electrons. The van der Waals surface area contributed by atoms with Crippen LogP contribution in [0.3, 0.4) is 0 Å². The van der Waals surface area contributed by atoms with Gasteiger partial charge in [0, 0.05) is 24.7 Å². The van der Waals surface area contributed by atoms with Crippen LogP contribution in [0.1, 0.15) is 24.2 Å². The summed E-state index contributed by atoms with van der Waals surface area (Å²) in [5.41, 5.74) is 0.164. The molecule has 1 aromatic carbocycles. The van der Waals surface area contributed by atoms with Crippen LogP contribution < -0.4 is 5.32 Å². The van der Waals surface area contributed by atoms with Crippen LogP contribution in [0.5, 0.6) is 0 Å². The predicted molar refractivity (Wildman–Crippen MR) is 86.3 cm³/mol. The molecule has 0 unspecified atom stereocenters. The summed E-state index contributed by atoms with van der Waals surface area (Å²) in [6, 6.07) is 3.95. The molecule has 1 amide bonds. The summed E-state index contributed by atoms with van der Waals surface area (Å²) in [7, 11) is 3.95. The molecule has 0 fully saturated rings. The van der Waals surface area contributed by atoms with Gasteiger partial charge in [-0.1, -0.05) is 13.8 Å². The van der Waals surface area contributed by atoms with E-state index in [1.54, 1.807) is 0 Å². The lowest BCUT2D eigenvalue weighted by molar-refractivity contribution is 0.0929. The summed E-state index contributed by atoms with van der Waals surface area (Å²) in [6.07, 6.45) is 1.26. The number of halogens is 2. The first-order valence-electron chi connectivity index (χ1n) is 7.36. The number of rotatable bonds is 5. The molecule has 23 heavy (non-hydrogen) atoms. The maximum absolute atomic E-state index is 13.6. The van der Waals surface area contributed by atoms with Crippen molar-refractivity contribution in [3.05, 3.63) is 41.6 Å². The number of aromatic nitrogens is 1. The van der Waals surface area contributed by atoms with Gasteiger partial charge in [-0.15, -0.1) is 0 Å². The number of hydrogen-bond acceptors (Lipinski definition) is 3. The Labute approximate surface area is 134 Å². The molecule has 124 valence electrons. The number of fused-ring (bicyclic) bond motifs is 1. The van der Waals surface area contributed by atoms with Gasteiger partial charge in [-0.3, -0.25) is 9.78 Å². The molecular formula is C17H21F2N3O. The lowest BCUT2D eigenvalue weighted by Crippen LogP contribution is -2.40. The zero-order valence-electron chi connectivity index (χ0n) is 13.8. The number of hydrogen-bond donors (Lipinski definition) is 1. The van der Waals surface area contributed by atoms with E-state index in [2.05, 4.69) is 29.0 Å². The minimum absolute atomic E-state index is 0.0745. The van der Waals surface area contributed by atoms with E-state index in [0.717, 1.165) is 12.6 Å². The van der Waals surface area contributed by atoms with E-state index in [4.69, 9.17) is 0 Å². The Hall–Kier alpha value is -2.08. The van der Waals surface area contributed by atoms with Crippen molar-refractivity contribution in [3.8, 4) is 0 Å². The van der Waals surface area contributed by atoms with Crippen molar-refractivity contribution >= 4 is 16.8 Å². The number of carbonyl (C=O) groups is 1. The Balaban J connectivity index is 2.14. The van der Waals surface area contributed by atoms with E-state index in [1.165, 1.54) is 18.3 Å². The minimum atomic E-state index is -0.999. The maximum Gasteiger partial charge on any atom is 0.252 e. The van der Waals surface area contributed by atoms with Crippen LogP contribution in [-0.4, -0.2) is 43.0 Å². The Morgan fingerprint density at radius 2 is 2.00 bits per heavy atom. The summed E-state index contributed by atoms with van der Waals surface area (Å²) in [4.78, 5) is 18.2. The fourth-order valence-electron chi connectivity index (χ4n) is 2.60. The molecule has 6 heteroatoms. The first-order chi connectivity index (χ1) is 10.7. The molecule has 1 aromatic heterocycles. The van der Waals surface area contributed by atoms with Crippen molar-refractivity contribution in [1.82, 2.24) is 15.2 Å². The summed E-state index contributed by atoms with van der Waals surface area (Å²) in [5, 5.41) is 3.25. The first kappa shape index (κ1) is 17.3. The van der Waals surface area contributed by atoms with Gasteiger partial charge in [0.15, 0.2) is 11.6 Å². The molecule has 0 spiro atoms. The van der Waals surface area contributed by atoms with Crippen molar-refractivity contribution in [2.45, 2.75) is 13.8 Å². The third-order valence-electron chi connectivity index (χ3n) is 3.48. The molecule has 1 N–H and O–H groups in total. The van der Waals surface area contributed by atoms with Gasteiger partial charge in [0.1, 0.15) is 5.52 Å². The van der Waals surface area contributed by atoms with Crippen molar-refractivity contribution in [1.29, 1.82) is 0 Å². The highest BCUT2D eigenvalue weighted by molar-refractivity contribution is 5.97. The van der Waals surface area contributed by atoms with Crippen molar-refractivity contribution in [2.24, 2.45) is 5.41 Å². The summed E-state index contributed by atoms with van der Waals surface area (Å²) < 4.78 is 26.8. The maximum atomic E-state index is 13.6. The standard InChI is InChI=1S/C17H21F2N3O/c1-17(2,10-22(3)4)9-21-16(23)12-7-11-5-6-13(18)14(19)15(11)20-8-12/h5-8H,9-10H2,1-4H3,(H,21,23). The van der Waals surface area contributed by atoms with E-state index < -0.39 is 11.6 Å². The molecule has 1 heterocycles. The Kier molecular flexibility index (Phi) is 4.94. The molecule has 4 nitrogen and oxygen atoms in total. The van der Waals surface area contributed by atoms with Crippen LogP contribution in [-0.2, 0) is 0 Å². The first-order valence-corrected chi connectivity index (χ1v) is 7.36. The lowest BCUT2D eigenvalue weighted by atomic mass is 9.93. The van der Waals surface area contributed by atoms with Gasteiger partial charge in [0.05, 0.1) is 5.56 Å². The summed E-state index contributed by atoms with van der Waals surface area (Å²) >= 11 is 0. The molecule has 0 saturated carbocycles. The number of carbonyl (C=O) groups excluding carboxylic acids is 1. The van der Waals surface area contributed by atoms with Gasteiger partial charge in [0.25, 0.3) is 5.91 Å². The Bertz CT molecular complexity index is 729. The fraction of sp³-hybridized carbons (Fsp3) is 0.412. The smallest absolute Gasteiger partial charge is 0.252 e.